The molecule has 0 saturated carbocycles. The van der Waals surface area contributed by atoms with Crippen molar-refractivity contribution in [3.63, 3.8) is 0 Å². The summed E-state index contributed by atoms with van der Waals surface area (Å²) in [6, 6.07) is 7.14. The lowest BCUT2D eigenvalue weighted by atomic mass is 9.90. The van der Waals surface area contributed by atoms with Gasteiger partial charge in [0.2, 0.25) is 5.91 Å². The van der Waals surface area contributed by atoms with Gasteiger partial charge >= 0.3 is 5.97 Å². The van der Waals surface area contributed by atoms with E-state index in [1.54, 1.807) is 25.1 Å². The molecule has 0 spiro atoms. The van der Waals surface area contributed by atoms with Crippen LogP contribution in [0.2, 0.25) is 0 Å². The molecule has 1 aromatic rings. The van der Waals surface area contributed by atoms with Crippen LogP contribution >= 0.6 is 0 Å². The van der Waals surface area contributed by atoms with Crippen molar-refractivity contribution in [1.82, 2.24) is 0 Å². The Morgan fingerprint density at radius 1 is 1.36 bits per heavy atom. The summed E-state index contributed by atoms with van der Waals surface area (Å²) < 4.78 is 10.2. The van der Waals surface area contributed by atoms with Crippen molar-refractivity contribution in [3.8, 4) is 0 Å². The van der Waals surface area contributed by atoms with Gasteiger partial charge in [-0.3, -0.25) is 9.59 Å². The van der Waals surface area contributed by atoms with Crippen molar-refractivity contribution >= 4 is 17.6 Å². The molecule has 2 rings (SSSR count). The number of nitrogens with one attached hydrogen (secondary N) is 1. The molecule has 1 saturated heterocycles. The Kier molecular flexibility index (Phi) is 5.51. The molecule has 120 valence electrons. The summed E-state index contributed by atoms with van der Waals surface area (Å²) in [6.45, 7) is 3.11. The van der Waals surface area contributed by atoms with Crippen molar-refractivity contribution in [2.45, 2.75) is 31.7 Å². The molecule has 0 bridgehead atoms. The van der Waals surface area contributed by atoms with E-state index in [0.29, 0.717) is 38.3 Å². The second-order valence-electron chi connectivity index (χ2n) is 5.40. The van der Waals surface area contributed by atoms with Crippen molar-refractivity contribution < 1.29 is 19.1 Å². The van der Waals surface area contributed by atoms with Crippen LogP contribution in [0, 0.1) is 0 Å². The summed E-state index contributed by atoms with van der Waals surface area (Å²) in [4.78, 5) is 23.8. The first-order chi connectivity index (χ1) is 10.5. The number of esters is 1. The smallest absolute Gasteiger partial charge is 0.310 e. The third-order valence-corrected chi connectivity index (χ3v) is 3.68. The minimum atomic E-state index is -0.893. The number of anilines is 1. The zero-order chi connectivity index (χ0) is 16.0. The van der Waals surface area contributed by atoms with Crippen LogP contribution in [-0.4, -0.2) is 37.2 Å². The molecule has 1 aliphatic heterocycles. The maximum atomic E-state index is 12.3. The van der Waals surface area contributed by atoms with Crippen LogP contribution in [0.5, 0.6) is 0 Å². The highest BCUT2D eigenvalue weighted by Crippen LogP contribution is 2.20. The molecule has 0 atom stereocenters. The quantitative estimate of drug-likeness (QED) is 0.799. The molecule has 6 nitrogen and oxygen atoms in total. The van der Waals surface area contributed by atoms with E-state index in [-0.39, 0.29) is 18.3 Å². The minimum absolute atomic E-state index is 0.180. The average Bonchev–Trinajstić information content (AvgIpc) is 2.48. The fourth-order valence-corrected chi connectivity index (χ4v) is 2.36. The van der Waals surface area contributed by atoms with E-state index in [4.69, 9.17) is 15.2 Å². The van der Waals surface area contributed by atoms with Gasteiger partial charge in [-0.2, -0.15) is 0 Å². The fourth-order valence-electron chi connectivity index (χ4n) is 2.36. The number of hydrogen-bond acceptors (Lipinski definition) is 5. The molecule has 6 heteroatoms. The van der Waals surface area contributed by atoms with Gasteiger partial charge in [-0.05, 0) is 37.5 Å². The number of amides is 1. The van der Waals surface area contributed by atoms with Gasteiger partial charge in [-0.15, -0.1) is 0 Å². The number of nitrogens with two attached hydrogens (primary N) is 1. The largest absolute Gasteiger partial charge is 0.466 e. The van der Waals surface area contributed by atoms with Gasteiger partial charge < -0.3 is 20.5 Å². The standard InChI is InChI=1S/C16H22N2O4/c1-2-22-14(19)11-12-4-3-5-13(10-12)18-15(20)16(17)6-8-21-9-7-16/h3-5,10H,2,6-9,11,17H2,1H3,(H,18,20). The average molecular weight is 306 g/mol. The molecule has 1 amide bonds. The summed E-state index contributed by atoms with van der Waals surface area (Å²) in [5.74, 6) is -0.505. The molecule has 1 heterocycles. The van der Waals surface area contributed by atoms with Gasteiger partial charge in [-0.1, -0.05) is 12.1 Å². The Hall–Kier alpha value is -1.92. The molecule has 0 unspecified atom stereocenters. The molecular formula is C16H22N2O4. The first-order valence-corrected chi connectivity index (χ1v) is 7.46. The second kappa shape index (κ2) is 7.38. The van der Waals surface area contributed by atoms with Crippen molar-refractivity contribution in [2.24, 2.45) is 5.73 Å². The van der Waals surface area contributed by atoms with E-state index in [9.17, 15) is 9.59 Å². The van der Waals surface area contributed by atoms with E-state index in [0.717, 1.165) is 5.56 Å². The minimum Gasteiger partial charge on any atom is -0.466 e. The molecule has 0 aliphatic carbocycles. The van der Waals surface area contributed by atoms with Gasteiger partial charge in [0.15, 0.2) is 0 Å². The number of ether oxygens (including phenoxy) is 2. The Balaban J connectivity index is 2.00. The summed E-state index contributed by atoms with van der Waals surface area (Å²) in [6.07, 6.45) is 1.18. The molecule has 1 fully saturated rings. The Morgan fingerprint density at radius 2 is 2.09 bits per heavy atom. The predicted octanol–water partition coefficient (Wildman–Crippen LogP) is 1.24. The van der Waals surface area contributed by atoms with Gasteiger partial charge in [0.1, 0.15) is 5.54 Å². The topological polar surface area (TPSA) is 90.7 Å². The van der Waals surface area contributed by atoms with Crippen LogP contribution in [0.4, 0.5) is 5.69 Å². The zero-order valence-corrected chi connectivity index (χ0v) is 12.8. The normalized spacial score (nSPS) is 16.8. The van der Waals surface area contributed by atoms with Crippen LogP contribution in [0.15, 0.2) is 24.3 Å². The van der Waals surface area contributed by atoms with Gasteiger partial charge in [0, 0.05) is 18.9 Å². The van der Waals surface area contributed by atoms with Crippen LogP contribution < -0.4 is 11.1 Å². The number of benzene rings is 1. The first kappa shape index (κ1) is 16.5. The summed E-state index contributed by atoms with van der Waals surface area (Å²) in [5, 5.41) is 2.83. The van der Waals surface area contributed by atoms with Crippen LogP contribution in [-0.2, 0) is 25.5 Å². The predicted molar refractivity (Wildman–Crippen MR) is 82.4 cm³/mol. The Bertz CT molecular complexity index is 539. The lowest BCUT2D eigenvalue weighted by Crippen LogP contribution is -2.54. The van der Waals surface area contributed by atoms with E-state index in [1.807, 2.05) is 6.07 Å². The first-order valence-electron chi connectivity index (χ1n) is 7.46. The van der Waals surface area contributed by atoms with Crippen LogP contribution in [0.1, 0.15) is 25.3 Å². The van der Waals surface area contributed by atoms with Crippen molar-refractivity contribution in [1.29, 1.82) is 0 Å². The SMILES string of the molecule is CCOC(=O)Cc1cccc(NC(=O)C2(N)CCOCC2)c1. The second-order valence-corrected chi connectivity index (χ2v) is 5.40. The third-order valence-electron chi connectivity index (χ3n) is 3.68. The van der Waals surface area contributed by atoms with Crippen LogP contribution in [0.25, 0.3) is 0 Å². The zero-order valence-electron chi connectivity index (χ0n) is 12.8. The molecule has 0 radical (unpaired) electrons. The summed E-state index contributed by atoms with van der Waals surface area (Å²) in [7, 11) is 0. The molecule has 3 N–H and O–H groups in total. The Labute approximate surface area is 130 Å². The van der Waals surface area contributed by atoms with E-state index in [2.05, 4.69) is 5.32 Å². The summed E-state index contributed by atoms with van der Waals surface area (Å²) in [5.41, 5.74) is 6.66. The van der Waals surface area contributed by atoms with Gasteiger partial charge in [0.05, 0.1) is 13.0 Å². The maximum Gasteiger partial charge on any atom is 0.310 e. The lowest BCUT2D eigenvalue weighted by molar-refractivity contribution is -0.142. The maximum absolute atomic E-state index is 12.3. The number of rotatable bonds is 5. The highest BCUT2D eigenvalue weighted by molar-refractivity contribution is 5.98. The van der Waals surface area contributed by atoms with Gasteiger partial charge in [0.25, 0.3) is 0 Å². The third kappa shape index (κ3) is 4.29. The van der Waals surface area contributed by atoms with Gasteiger partial charge in [-0.25, -0.2) is 0 Å². The van der Waals surface area contributed by atoms with Crippen molar-refractivity contribution in [3.05, 3.63) is 29.8 Å². The number of carbonyl (C=O) groups is 2. The monoisotopic (exact) mass is 306 g/mol. The van der Waals surface area contributed by atoms with Crippen LogP contribution in [0.3, 0.4) is 0 Å². The molecule has 1 aromatic carbocycles. The van der Waals surface area contributed by atoms with E-state index >= 15 is 0 Å². The molecule has 22 heavy (non-hydrogen) atoms. The highest BCUT2D eigenvalue weighted by atomic mass is 16.5. The highest BCUT2D eigenvalue weighted by Gasteiger charge is 2.35. The Morgan fingerprint density at radius 3 is 2.77 bits per heavy atom. The molecule has 1 aliphatic rings. The van der Waals surface area contributed by atoms with Crippen molar-refractivity contribution in [2.75, 3.05) is 25.1 Å². The lowest BCUT2D eigenvalue weighted by Gasteiger charge is -2.31. The summed E-state index contributed by atoms with van der Waals surface area (Å²) >= 11 is 0. The number of hydrogen-bond donors (Lipinski definition) is 2. The van der Waals surface area contributed by atoms with E-state index < -0.39 is 5.54 Å². The molecule has 0 aromatic heterocycles. The fraction of sp³-hybridized carbons (Fsp3) is 0.500. The number of carbonyl (C=O) groups excluding carboxylic acids is 2. The molecular weight excluding hydrogens is 284 g/mol. The van der Waals surface area contributed by atoms with E-state index in [1.165, 1.54) is 0 Å².